The number of nitrogens with one attached hydrogen (secondary N) is 1. The molecule has 2 amide bonds. The first kappa shape index (κ1) is 18.9. The van der Waals surface area contributed by atoms with E-state index in [4.69, 9.17) is 5.73 Å². The molecule has 2 unspecified atom stereocenters. The summed E-state index contributed by atoms with van der Waals surface area (Å²) in [5.41, 5.74) is 5.46. The number of nitrogens with zero attached hydrogens (tertiary/aromatic N) is 1. The second-order valence-corrected chi connectivity index (χ2v) is 7.27. The van der Waals surface area contributed by atoms with Crippen molar-refractivity contribution in [1.29, 1.82) is 0 Å². The van der Waals surface area contributed by atoms with E-state index in [0.29, 0.717) is 25.4 Å². The summed E-state index contributed by atoms with van der Waals surface area (Å²) in [7, 11) is 0. The third-order valence-electron chi connectivity index (χ3n) is 4.65. The molecule has 0 aromatic carbocycles. The average Bonchev–Trinajstić information content (AvgIpc) is 2.82. The first-order valence-corrected chi connectivity index (χ1v) is 8.57. The highest BCUT2D eigenvalue weighted by Crippen LogP contribution is 2.24. The Labute approximate surface area is 135 Å². The monoisotopic (exact) mass is 311 g/mol. The normalized spacial score (nSPS) is 21.5. The van der Waals surface area contributed by atoms with Crippen molar-refractivity contribution >= 4 is 11.8 Å². The fourth-order valence-corrected chi connectivity index (χ4v) is 3.48. The van der Waals surface area contributed by atoms with Crippen LogP contribution in [0, 0.1) is 11.8 Å². The van der Waals surface area contributed by atoms with Gasteiger partial charge in [0.15, 0.2) is 0 Å². The maximum atomic E-state index is 12.5. The van der Waals surface area contributed by atoms with Crippen LogP contribution >= 0.6 is 0 Å². The largest absolute Gasteiger partial charge is 0.349 e. The Hall–Kier alpha value is -1.10. The zero-order valence-electron chi connectivity index (χ0n) is 14.8. The fourth-order valence-electron chi connectivity index (χ4n) is 3.48. The molecule has 0 bridgehead atoms. The van der Waals surface area contributed by atoms with Gasteiger partial charge in [0.2, 0.25) is 11.8 Å². The van der Waals surface area contributed by atoms with Crippen LogP contribution in [0.3, 0.4) is 0 Å². The highest BCUT2D eigenvalue weighted by atomic mass is 16.2. The number of rotatable bonds is 8. The molecule has 2 atom stereocenters. The van der Waals surface area contributed by atoms with E-state index in [-0.39, 0.29) is 23.8 Å². The second-order valence-electron chi connectivity index (χ2n) is 7.27. The molecule has 1 aliphatic heterocycles. The summed E-state index contributed by atoms with van der Waals surface area (Å²) in [5, 5.41) is 3.09. The third kappa shape index (κ3) is 4.70. The molecule has 3 N–H and O–H groups in total. The molecule has 5 heteroatoms. The Morgan fingerprint density at radius 3 is 2.45 bits per heavy atom. The van der Waals surface area contributed by atoms with Gasteiger partial charge in [-0.25, -0.2) is 0 Å². The number of hydrogen-bond acceptors (Lipinski definition) is 3. The minimum absolute atomic E-state index is 0.0320. The highest BCUT2D eigenvalue weighted by molar-refractivity contribution is 5.89. The highest BCUT2D eigenvalue weighted by Gasteiger charge is 2.38. The van der Waals surface area contributed by atoms with E-state index in [9.17, 15) is 9.59 Å². The average molecular weight is 311 g/mol. The molecule has 0 radical (unpaired) electrons. The molecule has 1 rings (SSSR count). The molecule has 0 aliphatic carbocycles. The van der Waals surface area contributed by atoms with Crippen LogP contribution in [0.2, 0.25) is 0 Å². The van der Waals surface area contributed by atoms with E-state index in [1.165, 1.54) is 0 Å². The van der Waals surface area contributed by atoms with E-state index in [0.717, 1.165) is 19.3 Å². The van der Waals surface area contributed by atoms with Crippen molar-refractivity contribution in [3.8, 4) is 0 Å². The molecular weight excluding hydrogens is 278 g/mol. The predicted octanol–water partition coefficient (Wildman–Crippen LogP) is 1.90. The molecular formula is C17H33N3O2. The van der Waals surface area contributed by atoms with Crippen LogP contribution in [0.5, 0.6) is 0 Å². The van der Waals surface area contributed by atoms with E-state index >= 15 is 0 Å². The standard InChI is InChI=1S/C17H33N3O2/c1-6-14(7-2)20-10-13(8-15(20)21)16(22)19-17(5,11-18)9-12(3)4/h12-14H,6-11,18H2,1-5H3,(H,19,22). The molecule has 0 spiro atoms. The summed E-state index contributed by atoms with van der Waals surface area (Å²) >= 11 is 0. The van der Waals surface area contributed by atoms with Crippen molar-refractivity contribution in [2.45, 2.75) is 71.9 Å². The van der Waals surface area contributed by atoms with E-state index in [2.05, 4.69) is 33.0 Å². The molecule has 1 heterocycles. The van der Waals surface area contributed by atoms with Crippen LogP contribution in [-0.2, 0) is 9.59 Å². The van der Waals surface area contributed by atoms with Gasteiger partial charge in [0, 0.05) is 31.1 Å². The minimum atomic E-state index is -0.392. The van der Waals surface area contributed by atoms with E-state index in [1.807, 2.05) is 11.8 Å². The second kappa shape index (κ2) is 7.95. The molecule has 0 aromatic heterocycles. The van der Waals surface area contributed by atoms with E-state index < -0.39 is 5.54 Å². The Morgan fingerprint density at radius 2 is 2.00 bits per heavy atom. The zero-order chi connectivity index (χ0) is 16.9. The maximum absolute atomic E-state index is 12.5. The Balaban J connectivity index is 2.69. The smallest absolute Gasteiger partial charge is 0.225 e. The van der Waals surface area contributed by atoms with Gasteiger partial charge in [-0.05, 0) is 32.1 Å². The number of hydrogen-bond donors (Lipinski definition) is 2. The third-order valence-corrected chi connectivity index (χ3v) is 4.65. The first-order valence-electron chi connectivity index (χ1n) is 8.57. The lowest BCUT2D eigenvalue weighted by molar-refractivity contribution is -0.130. The maximum Gasteiger partial charge on any atom is 0.225 e. The lowest BCUT2D eigenvalue weighted by atomic mass is 9.90. The van der Waals surface area contributed by atoms with E-state index in [1.54, 1.807) is 0 Å². The molecule has 128 valence electrons. The van der Waals surface area contributed by atoms with Crippen LogP contribution in [0.25, 0.3) is 0 Å². The van der Waals surface area contributed by atoms with Crippen LogP contribution in [0.1, 0.15) is 60.3 Å². The van der Waals surface area contributed by atoms with Gasteiger partial charge in [-0.2, -0.15) is 0 Å². The van der Waals surface area contributed by atoms with Gasteiger partial charge in [0.25, 0.3) is 0 Å². The fraction of sp³-hybridized carbons (Fsp3) is 0.882. The lowest BCUT2D eigenvalue weighted by Crippen LogP contribution is -2.54. The van der Waals surface area contributed by atoms with Gasteiger partial charge in [-0.1, -0.05) is 27.7 Å². The lowest BCUT2D eigenvalue weighted by Gasteiger charge is -2.32. The summed E-state index contributed by atoms with van der Waals surface area (Å²) < 4.78 is 0. The molecule has 22 heavy (non-hydrogen) atoms. The van der Waals surface area contributed by atoms with Crippen LogP contribution < -0.4 is 11.1 Å². The summed E-state index contributed by atoms with van der Waals surface area (Å²) in [4.78, 5) is 26.6. The summed E-state index contributed by atoms with van der Waals surface area (Å²) in [6.45, 7) is 11.3. The van der Waals surface area contributed by atoms with Crippen LogP contribution in [0.15, 0.2) is 0 Å². The SMILES string of the molecule is CCC(CC)N1CC(C(=O)NC(C)(CN)CC(C)C)CC1=O. The molecule has 1 saturated heterocycles. The number of nitrogens with two attached hydrogens (primary N) is 1. The number of carbonyl (C=O) groups excluding carboxylic acids is 2. The van der Waals surface area contributed by atoms with Gasteiger partial charge in [-0.3, -0.25) is 9.59 Å². The van der Waals surface area contributed by atoms with Crippen molar-refractivity contribution in [3.05, 3.63) is 0 Å². The quantitative estimate of drug-likeness (QED) is 0.719. The molecule has 1 aliphatic rings. The van der Waals surface area contributed by atoms with Crippen molar-refractivity contribution in [2.75, 3.05) is 13.1 Å². The Bertz CT molecular complexity index is 393. The van der Waals surface area contributed by atoms with Gasteiger partial charge in [0.05, 0.1) is 5.92 Å². The number of amides is 2. The van der Waals surface area contributed by atoms with Gasteiger partial charge >= 0.3 is 0 Å². The summed E-state index contributed by atoms with van der Waals surface area (Å²) in [6.07, 6.45) is 3.03. The van der Waals surface area contributed by atoms with Gasteiger partial charge < -0.3 is 16.0 Å². The zero-order valence-corrected chi connectivity index (χ0v) is 14.8. The van der Waals surface area contributed by atoms with Crippen molar-refractivity contribution in [1.82, 2.24) is 10.2 Å². The van der Waals surface area contributed by atoms with Crippen molar-refractivity contribution in [3.63, 3.8) is 0 Å². The Morgan fingerprint density at radius 1 is 1.41 bits per heavy atom. The minimum Gasteiger partial charge on any atom is -0.349 e. The van der Waals surface area contributed by atoms with Crippen molar-refractivity contribution in [2.24, 2.45) is 17.6 Å². The Kier molecular flexibility index (Phi) is 6.85. The van der Waals surface area contributed by atoms with Crippen molar-refractivity contribution < 1.29 is 9.59 Å². The molecule has 0 saturated carbocycles. The number of likely N-dealkylation sites (tertiary alicyclic amines) is 1. The molecule has 0 aromatic rings. The van der Waals surface area contributed by atoms with Crippen LogP contribution in [-0.4, -0.2) is 41.4 Å². The molecule has 1 fully saturated rings. The summed E-state index contributed by atoms with van der Waals surface area (Å²) in [6, 6.07) is 0.252. The summed E-state index contributed by atoms with van der Waals surface area (Å²) in [5.74, 6) is 0.286. The van der Waals surface area contributed by atoms with Crippen LogP contribution in [0.4, 0.5) is 0 Å². The number of carbonyl (C=O) groups is 2. The predicted molar refractivity (Wildman–Crippen MR) is 89.2 cm³/mol. The van der Waals surface area contributed by atoms with Gasteiger partial charge in [0.1, 0.15) is 0 Å². The first-order chi connectivity index (χ1) is 10.3. The van der Waals surface area contributed by atoms with Gasteiger partial charge in [-0.15, -0.1) is 0 Å². The molecule has 5 nitrogen and oxygen atoms in total. The topological polar surface area (TPSA) is 75.4 Å².